The van der Waals surface area contributed by atoms with E-state index >= 15 is 0 Å². The zero-order chi connectivity index (χ0) is 23.5. The molecule has 0 unspecified atom stereocenters. The number of carbonyl (C=O) groups excluding carboxylic acids is 2. The fraction of sp³-hybridized carbons (Fsp3) is 0.185. The van der Waals surface area contributed by atoms with E-state index in [4.69, 9.17) is 9.47 Å². The Labute approximate surface area is 193 Å². The second-order valence-corrected chi connectivity index (χ2v) is 7.96. The first-order valence-corrected chi connectivity index (χ1v) is 10.6. The van der Waals surface area contributed by atoms with Gasteiger partial charge in [0.15, 0.2) is 0 Å². The Kier molecular flexibility index (Phi) is 6.18. The highest BCUT2D eigenvalue weighted by atomic mass is 16.5. The van der Waals surface area contributed by atoms with Crippen molar-refractivity contribution < 1.29 is 19.1 Å². The Morgan fingerprint density at radius 3 is 2.06 bits per heavy atom. The first-order chi connectivity index (χ1) is 15.9. The summed E-state index contributed by atoms with van der Waals surface area (Å²) in [7, 11) is 3.11. The molecule has 0 fully saturated rings. The van der Waals surface area contributed by atoms with Gasteiger partial charge < -0.3 is 14.8 Å². The third kappa shape index (κ3) is 4.32. The maximum absolute atomic E-state index is 13.6. The van der Waals surface area contributed by atoms with Gasteiger partial charge in [-0.05, 0) is 49.2 Å². The molecule has 0 atom stereocenters. The summed E-state index contributed by atoms with van der Waals surface area (Å²) in [4.78, 5) is 28.5. The van der Waals surface area contributed by atoms with E-state index in [1.165, 1.54) is 4.90 Å². The van der Waals surface area contributed by atoms with Crippen molar-refractivity contribution >= 4 is 23.1 Å². The third-order valence-corrected chi connectivity index (χ3v) is 5.56. The van der Waals surface area contributed by atoms with E-state index in [2.05, 4.69) is 11.4 Å². The van der Waals surface area contributed by atoms with Gasteiger partial charge >= 0.3 is 0 Å². The molecule has 1 aliphatic rings. The Morgan fingerprint density at radius 1 is 0.788 bits per heavy atom. The topological polar surface area (TPSA) is 67.9 Å². The summed E-state index contributed by atoms with van der Waals surface area (Å²) in [5, 5.41) is 3.23. The summed E-state index contributed by atoms with van der Waals surface area (Å²) in [6.45, 7) is 4.07. The third-order valence-electron chi connectivity index (χ3n) is 5.56. The lowest BCUT2D eigenvalue weighted by molar-refractivity contribution is -0.137. The molecule has 2 amide bonds. The van der Waals surface area contributed by atoms with Crippen LogP contribution >= 0.6 is 0 Å². The second kappa shape index (κ2) is 9.20. The zero-order valence-corrected chi connectivity index (χ0v) is 19.1. The number of para-hydroxylation sites is 2. The Morgan fingerprint density at radius 2 is 1.39 bits per heavy atom. The monoisotopic (exact) mass is 442 g/mol. The molecule has 6 heteroatoms. The molecule has 3 aromatic rings. The smallest absolute Gasteiger partial charge is 0.278 e. The predicted molar refractivity (Wildman–Crippen MR) is 128 cm³/mol. The average molecular weight is 443 g/mol. The molecule has 0 bridgehead atoms. The van der Waals surface area contributed by atoms with Crippen molar-refractivity contribution in [2.24, 2.45) is 0 Å². The van der Waals surface area contributed by atoms with Crippen LogP contribution in [0, 0.1) is 13.8 Å². The van der Waals surface area contributed by atoms with Crippen LogP contribution < -0.4 is 14.8 Å². The van der Waals surface area contributed by atoms with Gasteiger partial charge in [-0.3, -0.25) is 14.5 Å². The molecule has 0 aliphatic carbocycles. The lowest BCUT2D eigenvalue weighted by Gasteiger charge is -2.17. The van der Waals surface area contributed by atoms with Crippen molar-refractivity contribution in [3.8, 4) is 11.5 Å². The van der Waals surface area contributed by atoms with Gasteiger partial charge in [-0.15, -0.1) is 0 Å². The highest BCUT2D eigenvalue weighted by molar-refractivity contribution is 6.37. The van der Waals surface area contributed by atoms with Crippen LogP contribution in [0.15, 0.2) is 72.4 Å². The quantitative estimate of drug-likeness (QED) is 0.537. The van der Waals surface area contributed by atoms with Crippen molar-refractivity contribution in [2.45, 2.75) is 20.4 Å². The summed E-state index contributed by atoms with van der Waals surface area (Å²) in [5.41, 5.74) is 4.67. The normalized spacial score (nSPS) is 13.5. The second-order valence-electron chi connectivity index (χ2n) is 7.96. The SMILES string of the molecule is COc1ccccc1CN1C(=O)C(Nc2cc(C)cc(C)c2)=C(c2ccccc2OC)C1=O. The molecule has 1 heterocycles. The van der Waals surface area contributed by atoms with Gasteiger partial charge in [-0.25, -0.2) is 0 Å². The summed E-state index contributed by atoms with van der Waals surface area (Å²) in [6.07, 6.45) is 0. The van der Waals surface area contributed by atoms with Crippen LogP contribution in [0.2, 0.25) is 0 Å². The number of nitrogens with one attached hydrogen (secondary N) is 1. The van der Waals surface area contributed by atoms with Crippen molar-refractivity contribution in [2.75, 3.05) is 19.5 Å². The largest absolute Gasteiger partial charge is 0.496 e. The van der Waals surface area contributed by atoms with Gasteiger partial charge in [0, 0.05) is 16.8 Å². The van der Waals surface area contributed by atoms with E-state index in [0.29, 0.717) is 17.1 Å². The van der Waals surface area contributed by atoms with E-state index in [-0.39, 0.29) is 23.7 Å². The number of hydrogen-bond donors (Lipinski definition) is 1. The molecule has 0 aromatic heterocycles. The molecule has 168 valence electrons. The maximum atomic E-state index is 13.6. The molecule has 33 heavy (non-hydrogen) atoms. The molecule has 3 aromatic carbocycles. The van der Waals surface area contributed by atoms with Crippen LogP contribution in [0.4, 0.5) is 5.69 Å². The average Bonchev–Trinajstić information content (AvgIpc) is 3.02. The van der Waals surface area contributed by atoms with Gasteiger partial charge in [0.1, 0.15) is 17.2 Å². The van der Waals surface area contributed by atoms with Crippen molar-refractivity contribution in [1.82, 2.24) is 4.90 Å². The minimum absolute atomic E-state index is 0.0956. The van der Waals surface area contributed by atoms with Gasteiger partial charge in [0.05, 0.1) is 26.3 Å². The summed E-state index contributed by atoms with van der Waals surface area (Å²) in [6, 6.07) is 20.5. The number of nitrogens with zero attached hydrogens (tertiary/aromatic N) is 1. The number of methoxy groups -OCH3 is 2. The number of ether oxygens (including phenoxy) is 2. The molecule has 0 spiro atoms. The summed E-state index contributed by atoms with van der Waals surface area (Å²) >= 11 is 0. The van der Waals surface area contributed by atoms with Crippen LogP contribution in [-0.4, -0.2) is 30.9 Å². The first kappa shape index (κ1) is 22.1. The van der Waals surface area contributed by atoms with Crippen LogP contribution in [0.3, 0.4) is 0 Å². The molecule has 0 radical (unpaired) electrons. The van der Waals surface area contributed by atoms with Crippen LogP contribution in [0.1, 0.15) is 22.3 Å². The fourth-order valence-electron chi connectivity index (χ4n) is 4.13. The van der Waals surface area contributed by atoms with Crippen LogP contribution in [0.5, 0.6) is 11.5 Å². The molecule has 1 N–H and O–H groups in total. The molecular weight excluding hydrogens is 416 g/mol. The number of amides is 2. The number of aryl methyl sites for hydroxylation is 2. The van der Waals surface area contributed by atoms with Crippen LogP contribution in [-0.2, 0) is 16.1 Å². The first-order valence-electron chi connectivity index (χ1n) is 10.6. The number of anilines is 1. The summed E-state index contributed by atoms with van der Waals surface area (Å²) < 4.78 is 10.9. The number of rotatable bonds is 7. The molecular formula is C27H26N2O4. The predicted octanol–water partition coefficient (Wildman–Crippen LogP) is 4.71. The molecule has 4 rings (SSSR count). The molecule has 0 saturated heterocycles. The van der Waals surface area contributed by atoms with E-state index in [1.807, 2.05) is 62.4 Å². The minimum atomic E-state index is -0.397. The van der Waals surface area contributed by atoms with Gasteiger partial charge in [0.2, 0.25) is 0 Å². The van der Waals surface area contributed by atoms with Crippen molar-refractivity contribution in [1.29, 1.82) is 0 Å². The number of hydrogen-bond acceptors (Lipinski definition) is 5. The van der Waals surface area contributed by atoms with Crippen molar-refractivity contribution in [3.05, 3.63) is 94.7 Å². The standard InChI is InChI=1S/C27H26N2O4/c1-17-13-18(2)15-20(14-17)28-25-24(21-10-6-8-12-23(21)33-4)26(30)29(27(25)31)16-19-9-5-7-11-22(19)32-3/h5-15,28H,16H2,1-4H3. The number of imide groups is 1. The lowest BCUT2D eigenvalue weighted by atomic mass is 10.0. The fourth-order valence-corrected chi connectivity index (χ4v) is 4.13. The molecule has 1 aliphatic heterocycles. The van der Waals surface area contributed by atoms with Crippen molar-refractivity contribution in [3.63, 3.8) is 0 Å². The zero-order valence-electron chi connectivity index (χ0n) is 19.1. The Bertz CT molecular complexity index is 1240. The van der Waals surface area contributed by atoms with Gasteiger partial charge in [-0.1, -0.05) is 42.5 Å². The van der Waals surface area contributed by atoms with E-state index in [0.717, 1.165) is 22.4 Å². The highest BCUT2D eigenvalue weighted by Crippen LogP contribution is 2.36. The Balaban J connectivity index is 1.81. The Hall–Kier alpha value is -4.06. The van der Waals surface area contributed by atoms with Crippen LogP contribution in [0.25, 0.3) is 5.57 Å². The number of benzene rings is 3. The van der Waals surface area contributed by atoms with E-state index < -0.39 is 5.91 Å². The molecule has 6 nitrogen and oxygen atoms in total. The van der Waals surface area contributed by atoms with Gasteiger partial charge in [-0.2, -0.15) is 0 Å². The maximum Gasteiger partial charge on any atom is 0.278 e. The van der Waals surface area contributed by atoms with E-state index in [9.17, 15) is 9.59 Å². The molecule has 0 saturated carbocycles. The van der Waals surface area contributed by atoms with Gasteiger partial charge in [0.25, 0.3) is 11.8 Å². The number of carbonyl (C=O) groups is 2. The highest BCUT2D eigenvalue weighted by Gasteiger charge is 2.40. The minimum Gasteiger partial charge on any atom is -0.496 e. The summed E-state index contributed by atoms with van der Waals surface area (Å²) in [5.74, 6) is 0.355. The van der Waals surface area contributed by atoms with E-state index in [1.54, 1.807) is 26.4 Å². The lowest BCUT2D eigenvalue weighted by Crippen LogP contribution is -2.32.